The zero-order valence-electron chi connectivity index (χ0n) is 19.0. The standard InChI is InChI=1S/C14H22.C11H13N.C2H6/c1-4-11-14(3,12-5-2)13-9-7-6-8-10-13;1-4-10-7-6-9(3)11(8-10)12-5-2;1-2/h6-10H,4-5,11-12H2,1-3H3;4-8,12H,1-2H2,3H3;1-2H3. The first kappa shape index (κ1) is 25.7. The maximum absolute atomic E-state index is 3.71. The van der Waals surface area contributed by atoms with E-state index in [4.69, 9.17) is 0 Å². The van der Waals surface area contributed by atoms with Crippen LogP contribution in [0.4, 0.5) is 5.69 Å². The average Bonchev–Trinajstić information content (AvgIpc) is 2.73. The Balaban J connectivity index is 0.000000483. The topological polar surface area (TPSA) is 12.0 Å². The Morgan fingerprint density at radius 1 is 0.929 bits per heavy atom. The van der Waals surface area contributed by atoms with Gasteiger partial charge in [-0.25, -0.2) is 0 Å². The van der Waals surface area contributed by atoms with Gasteiger partial charge in [0.05, 0.1) is 0 Å². The first-order valence-electron chi connectivity index (χ1n) is 10.7. The predicted molar refractivity (Wildman–Crippen MR) is 130 cm³/mol. The van der Waals surface area contributed by atoms with E-state index in [0.29, 0.717) is 5.41 Å². The van der Waals surface area contributed by atoms with E-state index in [-0.39, 0.29) is 0 Å². The van der Waals surface area contributed by atoms with Gasteiger partial charge in [0.1, 0.15) is 0 Å². The zero-order chi connectivity index (χ0) is 21.4. The Kier molecular flexibility index (Phi) is 13.5. The monoisotopic (exact) mass is 379 g/mol. The molecule has 0 aliphatic carbocycles. The molecule has 0 atom stereocenters. The maximum atomic E-state index is 3.71. The summed E-state index contributed by atoms with van der Waals surface area (Å²) >= 11 is 0. The van der Waals surface area contributed by atoms with Crippen LogP contribution in [-0.2, 0) is 5.41 Å². The van der Waals surface area contributed by atoms with Crippen LogP contribution < -0.4 is 5.32 Å². The van der Waals surface area contributed by atoms with Gasteiger partial charge in [-0.05, 0) is 54.1 Å². The lowest BCUT2D eigenvalue weighted by Crippen LogP contribution is -2.21. The number of benzene rings is 2. The van der Waals surface area contributed by atoms with Crippen LogP contribution in [0.2, 0.25) is 0 Å². The van der Waals surface area contributed by atoms with Gasteiger partial charge in [-0.3, -0.25) is 0 Å². The number of anilines is 1. The second kappa shape index (κ2) is 14.7. The van der Waals surface area contributed by atoms with Gasteiger partial charge in [0.2, 0.25) is 0 Å². The summed E-state index contributed by atoms with van der Waals surface area (Å²) in [5.41, 5.74) is 5.31. The second-order valence-corrected chi connectivity index (χ2v) is 7.05. The molecule has 28 heavy (non-hydrogen) atoms. The molecule has 0 unspecified atom stereocenters. The highest BCUT2D eigenvalue weighted by molar-refractivity contribution is 5.60. The van der Waals surface area contributed by atoms with Gasteiger partial charge in [0, 0.05) is 5.69 Å². The summed E-state index contributed by atoms with van der Waals surface area (Å²) in [6.07, 6.45) is 8.63. The highest BCUT2D eigenvalue weighted by atomic mass is 14.8. The van der Waals surface area contributed by atoms with Gasteiger partial charge in [-0.15, -0.1) is 0 Å². The van der Waals surface area contributed by atoms with Crippen molar-refractivity contribution in [3.63, 3.8) is 0 Å². The maximum Gasteiger partial charge on any atom is 0.0415 e. The van der Waals surface area contributed by atoms with Crippen LogP contribution >= 0.6 is 0 Å². The molecule has 1 N–H and O–H groups in total. The largest absolute Gasteiger partial charge is 0.362 e. The molecule has 0 saturated carbocycles. The van der Waals surface area contributed by atoms with Crippen molar-refractivity contribution in [1.29, 1.82) is 0 Å². The first-order valence-corrected chi connectivity index (χ1v) is 10.7. The summed E-state index contributed by atoms with van der Waals surface area (Å²) in [6, 6.07) is 17.1. The molecule has 2 rings (SSSR count). The molecule has 0 spiro atoms. The van der Waals surface area contributed by atoms with Gasteiger partial charge in [0.25, 0.3) is 0 Å². The molecule has 0 heterocycles. The van der Waals surface area contributed by atoms with E-state index in [9.17, 15) is 0 Å². The van der Waals surface area contributed by atoms with E-state index >= 15 is 0 Å². The third-order valence-corrected chi connectivity index (χ3v) is 4.83. The van der Waals surface area contributed by atoms with Crippen LogP contribution in [0, 0.1) is 6.92 Å². The fraction of sp³-hybridized carbons (Fsp3) is 0.407. The molecule has 1 nitrogen and oxygen atoms in total. The molecule has 0 aliphatic heterocycles. The van der Waals surface area contributed by atoms with Crippen molar-refractivity contribution in [3.8, 4) is 0 Å². The molecule has 0 aliphatic rings. The molecule has 0 fully saturated rings. The van der Waals surface area contributed by atoms with Crippen molar-refractivity contribution in [2.24, 2.45) is 0 Å². The van der Waals surface area contributed by atoms with Crippen molar-refractivity contribution in [2.75, 3.05) is 5.32 Å². The summed E-state index contributed by atoms with van der Waals surface area (Å²) < 4.78 is 0. The van der Waals surface area contributed by atoms with Gasteiger partial charge in [-0.2, -0.15) is 0 Å². The van der Waals surface area contributed by atoms with Crippen molar-refractivity contribution in [1.82, 2.24) is 0 Å². The fourth-order valence-electron chi connectivity index (χ4n) is 3.39. The molecular formula is C27H41N. The molecule has 2 aromatic rings. The van der Waals surface area contributed by atoms with Crippen LogP contribution in [0.3, 0.4) is 0 Å². The predicted octanol–water partition coefficient (Wildman–Crippen LogP) is 8.76. The Labute approximate surface area is 174 Å². The van der Waals surface area contributed by atoms with Gasteiger partial charge in [0.15, 0.2) is 0 Å². The quantitative estimate of drug-likeness (QED) is 0.483. The van der Waals surface area contributed by atoms with Crippen LogP contribution in [0.15, 0.2) is 67.9 Å². The smallest absolute Gasteiger partial charge is 0.0415 e. The van der Waals surface area contributed by atoms with Crippen LogP contribution in [0.25, 0.3) is 6.08 Å². The number of aryl methyl sites for hydroxylation is 1. The zero-order valence-corrected chi connectivity index (χ0v) is 19.0. The third-order valence-electron chi connectivity index (χ3n) is 4.83. The normalized spacial score (nSPS) is 9.93. The van der Waals surface area contributed by atoms with E-state index in [1.807, 2.05) is 32.1 Å². The minimum Gasteiger partial charge on any atom is -0.362 e. The number of rotatable bonds is 8. The second-order valence-electron chi connectivity index (χ2n) is 7.05. The molecule has 0 radical (unpaired) electrons. The first-order chi connectivity index (χ1) is 13.5. The molecular weight excluding hydrogens is 338 g/mol. The molecule has 154 valence electrons. The summed E-state index contributed by atoms with van der Waals surface area (Å²) in [6.45, 7) is 20.3. The summed E-state index contributed by atoms with van der Waals surface area (Å²) in [4.78, 5) is 0. The fourth-order valence-corrected chi connectivity index (χ4v) is 3.39. The molecule has 0 bridgehead atoms. The van der Waals surface area contributed by atoms with Gasteiger partial charge >= 0.3 is 0 Å². The lowest BCUT2D eigenvalue weighted by molar-refractivity contribution is 0.392. The van der Waals surface area contributed by atoms with Crippen molar-refractivity contribution < 1.29 is 0 Å². The van der Waals surface area contributed by atoms with E-state index < -0.39 is 0 Å². The van der Waals surface area contributed by atoms with Crippen molar-refractivity contribution >= 4 is 11.8 Å². The van der Waals surface area contributed by atoms with Crippen LogP contribution in [0.5, 0.6) is 0 Å². The third kappa shape index (κ3) is 8.61. The lowest BCUT2D eigenvalue weighted by Gasteiger charge is -2.29. The minimum atomic E-state index is 0.394. The van der Waals surface area contributed by atoms with E-state index in [0.717, 1.165) is 11.3 Å². The highest BCUT2D eigenvalue weighted by Gasteiger charge is 2.23. The number of hydrogen-bond donors (Lipinski definition) is 1. The lowest BCUT2D eigenvalue weighted by atomic mass is 9.75. The Morgan fingerprint density at radius 2 is 1.50 bits per heavy atom. The van der Waals surface area contributed by atoms with Crippen molar-refractivity contribution in [2.45, 2.75) is 72.6 Å². The molecule has 0 amide bonds. The van der Waals surface area contributed by atoms with Gasteiger partial charge in [-0.1, -0.05) is 109 Å². The van der Waals surface area contributed by atoms with Crippen molar-refractivity contribution in [3.05, 3.63) is 84.6 Å². The number of hydrogen-bond acceptors (Lipinski definition) is 1. The summed E-state index contributed by atoms with van der Waals surface area (Å²) in [5, 5.41) is 3.07. The minimum absolute atomic E-state index is 0.394. The van der Waals surface area contributed by atoms with E-state index in [1.54, 1.807) is 6.20 Å². The van der Waals surface area contributed by atoms with Crippen LogP contribution in [0.1, 0.15) is 77.0 Å². The average molecular weight is 380 g/mol. The molecule has 0 aromatic heterocycles. The SMILES string of the molecule is C=CNc1cc(C=C)ccc1C.CC.CCCC(C)(CCC)c1ccccc1. The Hall–Kier alpha value is -2.28. The number of nitrogens with one attached hydrogen (secondary N) is 1. The molecule has 2 aromatic carbocycles. The summed E-state index contributed by atoms with van der Waals surface area (Å²) in [7, 11) is 0. The Morgan fingerprint density at radius 3 is 1.96 bits per heavy atom. The van der Waals surface area contributed by atoms with E-state index in [2.05, 4.69) is 82.6 Å². The summed E-state index contributed by atoms with van der Waals surface area (Å²) in [5.74, 6) is 0. The Bertz CT molecular complexity index is 664. The molecule has 0 saturated heterocycles. The highest BCUT2D eigenvalue weighted by Crippen LogP contribution is 2.33. The molecule has 1 heteroatoms. The van der Waals surface area contributed by atoms with Gasteiger partial charge < -0.3 is 5.32 Å². The van der Waals surface area contributed by atoms with E-state index in [1.165, 1.54) is 36.8 Å². The van der Waals surface area contributed by atoms with Crippen LogP contribution in [-0.4, -0.2) is 0 Å².